The molecule has 0 amide bonds. The molecule has 3 aromatic rings. The highest BCUT2D eigenvalue weighted by Crippen LogP contribution is 2.11. The molecule has 0 saturated heterocycles. The number of rotatable bonds is 4. The van der Waals surface area contributed by atoms with Crippen molar-refractivity contribution in [1.82, 2.24) is 0 Å². The molecule has 3 rings (SSSR count). The Kier molecular flexibility index (Phi) is 6.62. The lowest BCUT2D eigenvalue weighted by Gasteiger charge is -2.02. The third kappa shape index (κ3) is 5.80. The van der Waals surface area contributed by atoms with Gasteiger partial charge in [0, 0.05) is 0 Å². The van der Waals surface area contributed by atoms with Crippen molar-refractivity contribution in [3.05, 3.63) is 120 Å². The Labute approximate surface area is 139 Å². The maximum absolute atomic E-state index is 3.74. The van der Waals surface area contributed by atoms with Crippen LogP contribution in [-0.4, -0.2) is 0 Å². The number of benzene rings is 3. The van der Waals surface area contributed by atoms with Crippen molar-refractivity contribution in [2.24, 2.45) is 0 Å². The second-order valence-electron chi connectivity index (χ2n) is 5.22. The predicted octanol–water partition coefficient (Wildman–Crippen LogP) is 6.25. The minimum atomic E-state index is 0.998. The Morgan fingerprint density at radius 1 is 0.522 bits per heavy atom. The maximum Gasteiger partial charge on any atom is -0.00258 e. The van der Waals surface area contributed by atoms with E-state index in [0.717, 1.165) is 6.42 Å². The molecule has 0 saturated carbocycles. The Morgan fingerprint density at radius 3 is 1.43 bits per heavy atom. The molecule has 0 aliphatic rings. The van der Waals surface area contributed by atoms with Crippen LogP contribution in [0.1, 0.15) is 22.3 Å². The molecule has 0 N–H and O–H groups in total. The van der Waals surface area contributed by atoms with Gasteiger partial charge in [-0.3, -0.25) is 0 Å². The van der Waals surface area contributed by atoms with Crippen molar-refractivity contribution in [2.45, 2.75) is 6.42 Å². The van der Waals surface area contributed by atoms with Crippen molar-refractivity contribution in [1.29, 1.82) is 0 Å². The van der Waals surface area contributed by atoms with Gasteiger partial charge in [-0.2, -0.15) is 0 Å². The van der Waals surface area contributed by atoms with Gasteiger partial charge in [-0.1, -0.05) is 110 Å². The Morgan fingerprint density at radius 2 is 0.957 bits per heavy atom. The fourth-order valence-corrected chi connectivity index (χ4v) is 2.19. The van der Waals surface area contributed by atoms with Gasteiger partial charge in [0.05, 0.1) is 0 Å². The standard InChI is InChI=1S/C15H14.C8H8/c1-2-13-8-10-15(11-9-13)12-14-6-4-3-5-7-14;1-2-8-6-4-3-5-7-8/h2-11H,1,12H2;2-7H,1H2. The summed E-state index contributed by atoms with van der Waals surface area (Å²) in [5.74, 6) is 0. The van der Waals surface area contributed by atoms with Crippen molar-refractivity contribution in [2.75, 3.05) is 0 Å². The summed E-state index contributed by atoms with van der Waals surface area (Å²) < 4.78 is 0. The molecular weight excluding hydrogens is 276 g/mol. The number of hydrogen-bond donors (Lipinski definition) is 0. The second kappa shape index (κ2) is 9.22. The summed E-state index contributed by atoms with van der Waals surface area (Å²) in [7, 11) is 0. The summed E-state index contributed by atoms with van der Waals surface area (Å²) in [6.07, 6.45) is 4.70. The lowest BCUT2D eigenvalue weighted by Crippen LogP contribution is -1.87. The molecule has 0 aliphatic heterocycles. The highest BCUT2D eigenvalue weighted by molar-refractivity contribution is 5.47. The molecule has 0 atom stereocenters. The fraction of sp³-hybridized carbons (Fsp3) is 0.0435. The topological polar surface area (TPSA) is 0 Å². The third-order valence-corrected chi connectivity index (χ3v) is 3.50. The molecule has 0 aromatic heterocycles. The first-order chi connectivity index (χ1) is 11.3. The SMILES string of the molecule is C=Cc1ccc(Cc2ccccc2)cc1.C=Cc1ccccc1. The number of hydrogen-bond acceptors (Lipinski definition) is 0. The first kappa shape index (κ1) is 16.5. The second-order valence-corrected chi connectivity index (χ2v) is 5.22. The molecule has 114 valence electrons. The summed E-state index contributed by atoms with van der Waals surface area (Å²) >= 11 is 0. The van der Waals surface area contributed by atoms with Gasteiger partial charge in [0.25, 0.3) is 0 Å². The van der Waals surface area contributed by atoms with Crippen LogP contribution < -0.4 is 0 Å². The Hall–Kier alpha value is -2.86. The van der Waals surface area contributed by atoms with Crippen LogP contribution in [0.25, 0.3) is 12.2 Å². The summed E-state index contributed by atoms with van der Waals surface area (Å²) in [4.78, 5) is 0. The van der Waals surface area contributed by atoms with E-state index < -0.39 is 0 Å². The molecule has 0 heterocycles. The van der Waals surface area contributed by atoms with Crippen molar-refractivity contribution in [3.63, 3.8) is 0 Å². The average molecular weight is 298 g/mol. The predicted molar refractivity (Wildman–Crippen MR) is 102 cm³/mol. The van der Waals surface area contributed by atoms with Crippen LogP contribution in [0.15, 0.2) is 98.1 Å². The van der Waals surface area contributed by atoms with Crippen LogP contribution >= 0.6 is 0 Å². The maximum atomic E-state index is 3.74. The summed E-state index contributed by atoms with van der Waals surface area (Å²) in [6, 6.07) is 29.1. The van der Waals surface area contributed by atoms with Gasteiger partial charge >= 0.3 is 0 Å². The zero-order valence-corrected chi connectivity index (χ0v) is 13.4. The van der Waals surface area contributed by atoms with E-state index in [1.54, 1.807) is 0 Å². The van der Waals surface area contributed by atoms with Crippen LogP contribution in [0.5, 0.6) is 0 Å². The van der Waals surface area contributed by atoms with Crippen molar-refractivity contribution in [3.8, 4) is 0 Å². The third-order valence-electron chi connectivity index (χ3n) is 3.50. The quantitative estimate of drug-likeness (QED) is 0.534. The van der Waals surface area contributed by atoms with Gasteiger partial charge in [-0.05, 0) is 28.7 Å². The highest BCUT2D eigenvalue weighted by Gasteiger charge is 1.94. The first-order valence-electron chi connectivity index (χ1n) is 7.74. The van der Waals surface area contributed by atoms with Crippen LogP contribution in [0.3, 0.4) is 0 Å². The Bertz CT molecular complexity index is 707. The van der Waals surface area contributed by atoms with E-state index in [9.17, 15) is 0 Å². The van der Waals surface area contributed by atoms with E-state index in [1.807, 2.05) is 48.6 Å². The van der Waals surface area contributed by atoms with E-state index in [4.69, 9.17) is 0 Å². The zero-order chi connectivity index (χ0) is 16.3. The van der Waals surface area contributed by atoms with Gasteiger partial charge in [0.15, 0.2) is 0 Å². The fourth-order valence-electron chi connectivity index (χ4n) is 2.19. The monoisotopic (exact) mass is 298 g/mol. The Balaban J connectivity index is 0.000000203. The molecular formula is C23H22. The highest BCUT2D eigenvalue weighted by atomic mass is 14.0. The van der Waals surface area contributed by atoms with Crippen LogP contribution in [-0.2, 0) is 6.42 Å². The van der Waals surface area contributed by atoms with Gasteiger partial charge in [-0.25, -0.2) is 0 Å². The minimum absolute atomic E-state index is 0.998. The lowest BCUT2D eigenvalue weighted by molar-refractivity contribution is 1.19. The van der Waals surface area contributed by atoms with E-state index in [-0.39, 0.29) is 0 Å². The van der Waals surface area contributed by atoms with Gasteiger partial charge in [0.1, 0.15) is 0 Å². The van der Waals surface area contributed by atoms with E-state index >= 15 is 0 Å². The lowest BCUT2D eigenvalue weighted by atomic mass is 10.0. The zero-order valence-electron chi connectivity index (χ0n) is 13.4. The van der Waals surface area contributed by atoms with Gasteiger partial charge in [0.2, 0.25) is 0 Å². The smallest absolute Gasteiger partial charge is 0.00258 e. The molecule has 23 heavy (non-hydrogen) atoms. The van der Waals surface area contributed by atoms with Crippen LogP contribution in [0.2, 0.25) is 0 Å². The van der Waals surface area contributed by atoms with Gasteiger partial charge < -0.3 is 0 Å². The summed E-state index contributed by atoms with van der Waals surface area (Å²) in [5, 5.41) is 0. The average Bonchev–Trinajstić information content (AvgIpc) is 2.64. The molecule has 0 bridgehead atoms. The van der Waals surface area contributed by atoms with E-state index in [1.165, 1.54) is 22.3 Å². The minimum Gasteiger partial charge on any atom is -0.0985 e. The molecule has 3 aromatic carbocycles. The van der Waals surface area contributed by atoms with Crippen molar-refractivity contribution >= 4 is 12.2 Å². The molecule has 0 nitrogen and oxygen atoms in total. The van der Waals surface area contributed by atoms with Crippen molar-refractivity contribution < 1.29 is 0 Å². The molecule has 0 unspecified atom stereocenters. The van der Waals surface area contributed by atoms with Crippen LogP contribution in [0, 0.1) is 0 Å². The normalized spacial score (nSPS) is 9.39. The van der Waals surface area contributed by atoms with E-state index in [2.05, 4.69) is 61.7 Å². The molecule has 0 fully saturated rings. The summed E-state index contributed by atoms with van der Waals surface area (Å²) in [6.45, 7) is 7.38. The molecule has 0 heteroatoms. The largest absolute Gasteiger partial charge is 0.0985 e. The molecule has 0 radical (unpaired) electrons. The van der Waals surface area contributed by atoms with Crippen LogP contribution in [0.4, 0.5) is 0 Å². The van der Waals surface area contributed by atoms with Gasteiger partial charge in [-0.15, -0.1) is 0 Å². The molecule has 0 spiro atoms. The molecule has 0 aliphatic carbocycles. The van der Waals surface area contributed by atoms with E-state index in [0.29, 0.717) is 0 Å². The first-order valence-corrected chi connectivity index (χ1v) is 7.74. The summed E-state index contributed by atoms with van der Waals surface area (Å²) in [5.41, 5.74) is 5.04.